The number of aromatic nitrogens is 2. The van der Waals surface area contributed by atoms with Crippen molar-refractivity contribution in [1.82, 2.24) is 15.3 Å². The molecule has 2 unspecified atom stereocenters. The van der Waals surface area contributed by atoms with Gasteiger partial charge in [-0.3, -0.25) is 19.7 Å². The number of anilines is 1. The van der Waals surface area contributed by atoms with Gasteiger partial charge in [-0.2, -0.15) is 8.78 Å². The summed E-state index contributed by atoms with van der Waals surface area (Å²) in [5, 5.41) is 3.88. The van der Waals surface area contributed by atoms with Gasteiger partial charge in [-0.1, -0.05) is 146 Å². The molecule has 0 fully saturated rings. The van der Waals surface area contributed by atoms with E-state index in [0.717, 1.165) is 5.56 Å². The molecule has 1 amide bonds. The Labute approximate surface area is 423 Å². The highest BCUT2D eigenvalue weighted by atomic mass is 35.5. The number of hydrogen-bond donors (Lipinski definition) is 1. The van der Waals surface area contributed by atoms with Crippen molar-refractivity contribution in [3.05, 3.63) is 243 Å². The molecule has 5 nitrogen and oxygen atoms in total. The number of benzene rings is 5. The summed E-state index contributed by atoms with van der Waals surface area (Å²) in [5.41, 5.74) is -0.0258. The molecule has 15 heteroatoms. The lowest BCUT2D eigenvalue weighted by atomic mass is 9.77. The molecule has 0 saturated carbocycles. The molecule has 0 radical (unpaired) electrons. The SMILES string of the molecule is C=C(CC(C)C(F)C(F)(F)Cc1cccc([C@@](Cc2ccccc2)(c2ccc(Cl)cn2)N(C(C)=O)c2ccc(F)cc2)c1)N[C@@](Cc1ccccc1)(c1cccc(CC(F)(F)C(F)F)c1)c1ccc(Cl)cn1. The first kappa shape index (κ1) is 53.2. The predicted octanol–water partition coefficient (Wildman–Crippen LogP) is 14.7. The van der Waals surface area contributed by atoms with E-state index in [-0.39, 0.29) is 41.1 Å². The third kappa shape index (κ3) is 12.2. The largest absolute Gasteiger partial charge is 0.374 e. The zero-order valence-electron chi connectivity index (χ0n) is 39.2. The van der Waals surface area contributed by atoms with Crippen LogP contribution in [0.3, 0.4) is 0 Å². The highest BCUT2D eigenvalue weighted by Crippen LogP contribution is 2.44. The van der Waals surface area contributed by atoms with E-state index in [0.29, 0.717) is 38.8 Å². The van der Waals surface area contributed by atoms with E-state index >= 15 is 13.2 Å². The molecule has 1 N–H and O–H groups in total. The Morgan fingerprint density at radius 3 is 1.65 bits per heavy atom. The zero-order chi connectivity index (χ0) is 51.8. The number of halogens is 10. The third-order valence-electron chi connectivity index (χ3n) is 12.6. The summed E-state index contributed by atoms with van der Waals surface area (Å²) in [4.78, 5) is 24.7. The molecule has 0 aliphatic heterocycles. The Kier molecular flexibility index (Phi) is 16.6. The number of hydrogen-bond acceptors (Lipinski definition) is 4. The van der Waals surface area contributed by atoms with Crippen LogP contribution in [0.5, 0.6) is 0 Å². The molecular formula is C57H50Cl2F8N4O. The molecule has 0 aliphatic carbocycles. The van der Waals surface area contributed by atoms with Gasteiger partial charge in [-0.15, -0.1) is 0 Å². The molecule has 7 aromatic rings. The summed E-state index contributed by atoms with van der Waals surface area (Å²) in [6, 6.07) is 41.6. The van der Waals surface area contributed by atoms with Crippen molar-refractivity contribution >= 4 is 34.8 Å². The van der Waals surface area contributed by atoms with E-state index in [1.807, 2.05) is 30.3 Å². The Bertz CT molecular complexity index is 2930. The van der Waals surface area contributed by atoms with Gasteiger partial charge >= 0.3 is 12.3 Å². The van der Waals surface area contributed by atoms with E-state index in [1.54, 1.807) is 72.8 Å². The fourth-order valence-corrected chi connectivity index (χ4v) is 9.58. The van der Waals surface area contributed by atoms with E-state index in [9.17, 15) is 26.7 Å². The van der Waals surface area contributed by atoms with Crippen LogP contribution >= 0.6 is 23.2 Å². The van der Waals surface area contributed by atoms with Crippen LogP contribution < -0.4 is 10.2 Å². The van der Waals surface area contributed by atoms with Crippen molar-refractivity contribution in [3.63, 3.8) is 0 Å². The maximum atomic E-state index is 16.7. The summed E-state index contributed by atoms with van der Waals surface area (Å²) in [5.74, 6) is -10.7. The van der Waals surface area contributed by atoms with Gasteiger partial charge in [0.2, 0.25) is 5.91 Å². The molecule has 7 rings (SSSR count). The van der Waals surface area contributed by atoms with Crippen molar-refractivity contribution in [2.45, 2.75) is 81.5 Å². The maximum Gasteiger partial charge on any atom is 0.311 e. The summed E-state index contributed by atoms with van der Waals surface area (Å²) >= 11 is 12.6. The molecule has 0 bridgehead atoms. The van der Waals surface area contributed by atoms with Crippen LogP contribution in [-0.2, 0) is 41.6 Å². The van der Waals surface area contributed by atoms with Crippen molar-refractivity contribution in [1.29, 1.82) is 0 Å². The van der Waals surface area contributed by atoms with Gasteiger partial charge in [0.05, 0.1) is 21.4 Å². The van der Waals surface area contributed by atoms with Gasteiger partial charge in [0.1, 0.15) is 16.9 Å². The minimum atomic E-state index is -4.34. The van der Waals surface area contributed by atoms with Gasteiger partial charge in [0.15, 0.2) is 6.17 Å². The molecule has 5 aromatic carbocycles. The lowest BCUT2D eigenvalue weighted by molar-refractivity contribution is -0.127. The number of amides is 1. The number of carbonyl (C=O) groups is 1. The quantitative estimate of drug-likeness (QED) is 0.0729. The Balaban J connectivity index is 1.23. The topological polar surface area (TPSA) is 58.1 Å². The Morgan fingerprint density at radius 1 is 0.625 bits per heavy atom. The number of rotatable bonds is 21. The number of nitrogens with zero attached hydrogens (tertiary/aromatic N) is 3. The molecule has 0 aliphatic rings. The van der Waals surface area contributed by atoms with Crippen LogP contribution in [0.15, 0.2) is 182 Å². The Morgan fingerprint density at radius 2 is 1.12 bits per heavy atom. The first-order chi connectivity index (χ1) is 34.2. The average Bonchev–Trinajstić information content (AvgIpc) is 3.34. The van der Waals surface area contributed by atoms with Crippen LogP contribution in [-0.4, -0.2) is 40.3 Å². The summed E-state index contributed by atoms with van der Waals surface area (Å²) in [6.45, 7) is 6.80. The Hall–Kier alpha value is -6.57. The molecule has 72 heavy (non-hydrogen) atoms. The number of alkyl halides is 7. The fraction of sp³-hybridized carbons (Fsp3) is 0.246. The third-order valence-corrected chi connectivity index (χ3v) is 13.0. The van der Waals surface area contributed by atoms with Gasteiger partial charge in [-0.05, 0) is 94.3 Å². The van der Waals surface area contributed by atoms with Crippen LogP contribution in [0.4, 0.5) is 40.8 Å². The number of carbonyl (C=O) groups excluding carboxylic acids is 1. The summed E-state index contributed by atoms with van der Waals surface area (Å²) < 4.78 is 120. The molecule has 2 heterocycles. The van der Waals surface area contributed by atoms with E-state index in [2.05, 4.69) is 21.9 Å². The van der Waals surface area contributed by atoms with Gasteiger partial charge in [0.25, 0.3) is 5.92 Å². The highest BCUT2D eigenvalue weighted by molar-refractivity contribution is 6.30. The molecule has 374 valence electrons. The van der Waals surface area contributed by atoms with Crippen LogP contribution in [0.2, 0.25) is 10.0 Å². The van der Waals surface area contributed by atoms with E-state index < -0.39 is 66.0 Å². The fourth-order valence-electron chi connectivity index (χ4n) is 9.35. The summed E-state index contributed by atoms with van der Waals surface area (Å²) in [6.07, 6.45) is -6.46. The minimum absolute atomic E-state index is 0.0336. The van der Waals surface area contributed by atoms with Crippen molar-refractivity contribution in [2.24, 2.45) is 5.92 Å². The van der Waals surface area contributed by atoms with Gasteiger partial charge in [-0.25, -0.2) is 26.3 Å². The monoisotopic (exact) mass is 1030 g/mol. The van der Waals surface area contributed by atoms with Crippen LogP contribution in [0.1, 0.15) is 65.0 Å². The van der Waals surface area contributed by atoms with Crippen LogP contribution in [0, 0.1) is 11.7 Å². The standard InChI is InChI=1S/C57H50Cl2F8N4O/c1-37(28-38(2)70-54(31-40-12-6-4-7-13-40,50-26-20-46(58)35-68-50)44-18-10-16-42(29-44)34-57(66,67)53(62)63)52(61)56(64,65)33-43-17-11-19-45(30-43)55(32-41-14-8-5-9-15-41,51-27-21-47(59)36-69-51)71(39(3)72)49-24-22-48(60)23-25-49/h4-27,29-30,35-37,52-53,70H,2,28,31-34H2,1,3H3/t37?,52?,54-,55-/m0/s1. The molecule has 4 atom stereocenters. The number of allylic oxidation sites excluding steroid dienone is 1. The first-order valence-electron chi connectivity index (χ1n) is 22.9. The highest BCUT2D eigenvalue weighted by Gasteiger charge is 2.48. The normalized spacial score (nSPS) is 14.5. The van der Waals surface area contributed by atoms with E-state index in [1.165, 1.54) is 85.7 Å². The molecule has 2 aromatic heterocycles. The van der Waals surface area contributed by atoms with Crippen molar-refractivity contribution < 1.29 is 39.9 Å². The number of pyridine rings is 2. The summed E-state index contributed by atoms with van der Waals surface area (Å²) in [7, 11) is 0. The molecular weight excluding hydrogens is 980 g/mol. The van der Waals surface area contributed by atoms with Crippen molar-refractivity contribution in [3.8, 4) is 0 Å². The van der Waals surface area contributed by atoms with Crippen LogP contribution in [0.25, 0.3) is 0 Å². The second-order valence-corrected chi connectivity index (χ2v) is 18.9. The zero-order valence-corrected chi connectivity index (χ0v) is 40.7. The average molecular weight is 1030 g/mol. The minimum Gasteiger partial charge on any atom is -0.374 e. The second-order valence-electron chi connectivity index (χ2n) is 18.0. The lowest BCUT2D eigenvalue weighted by Crippen LogP contribution is -2.52. The molecule has 0 spiro atoms. The lowest BCUT2D eigenvalue weighted by Gasteiger charge is -2.44. The molecule has 0 saturated heterocycles. The second kappa shape index (κ2) is 22.5. The smallest absolute Gasteiger partial charge is 0.311 e. The predicted molar refractivity (Wildman–Crippen MR) is 267 cm³/mol. The van der Waals surface area contributed by atoms with Crippen molar-refractivity contribution in [2.75, 3.05) is 4.90 Å². The van der Waals surface area contributed by atoms with E-state index in [4.69, 9.17) is 23.2 Å². The van der Waals surface area contributed by atoms with Gasteiger partial charge in [0, 0.05) is 56.4 Å². The number of nitrogens with one attached hydrogen (secondary N) is 1. The van der Waals surface area contributed by atoms with Gasteiger partial charge < -0.3 is 5.32 Å². The first-order valence-corrected chi connectivity index (χ1v) is 23.7. The maximum absolute atomic E-state index is 16.7.